The molecule has 0 heterocycles. The number of ether oxygens (including phenoxy) is 4. The third kappa shape index (κ3) is 5.70. The molecule has 2 N–H and O–H groups in total. The van der Waals surface area contributed by atoms with Gasteiger partial charge in [-0.15, -0.1) is 0 Å². The summed E-state index contributed by atoms with van der Waals surface area (Å²) in [4.78, 5) is -0.114. The number of methoxy groups -OCH3 is 4. The summed E-state index contributed by atoms with van der Waals surface area (Å²) >= 11 is 11.9. The van der Waals surface area contributed by atoms with Crippen molar-refractivity contribution in [2.24, 2.45) is 0 Å². The first-order chi connectivity index (χ1) is 16.6. The predicted molar refractivity (Wildman–Crippen MR) is 137 cm³/mol. The van der Waals surface area contributed by atoms with Gasteiger partial charge in [-0.05, 0) is 48.0 Å². The third-order valence-corrected chi connectivity index (χ3v) is 7.04. The molecule has 0 fully saturated rings. The summed E-state index contributed by atoms with van der Waals surface area (Å²) in [6.45, 7) is 0. The Kier molecular flexibility index (Phi) is 8.26. The second-order valence-electron chi connectivity index (χ2n) is 7.06. The van der Waals surface area contributed by atoms with E-state index in [4.69, 9.17) is 42.1 Å². The number of sulfonamides is 1. The van der Waals surface area contributed by atoms with Crippen molar-refractivity contribution >= 4 is 51.1 Å². The Hall–Kier alpha value is -3.27. The third-order valence-electron chi connectivity index (χ3n) is 4.95. The van der Waals surface area contributed by atoms with Crippen LogP contribution >= 0.6 is 23.2 Å². The van der Waals surface area contributed by atoms with Crippen LogP contribution in [0.15, 0.2) is 47.4 Å². The van der Waals surface area contributed by atoms with Crippen molar-refractivity contribution in [2.75, 3.05) is 33.2 Å². The van der Waals surface area contributed by atoms with Crippen molar-refractivity contribution in [2.45, 2.75) is 4.90 Å². The van der Waals surface area contributed by atoms with E-state index in [-0.39, 0.29) is 32.1 Å². The first kappa shape index (κ1) is 26.3. The van der Waals surface area contributed by atoms with Gasteiger partial charge in [-0.2, -0.15) is 0 Å². The topological polar surface area (TPSA) is 103 Å². The molecule has 35 heavy (non-hydrogen) atoms. The average Bonchev–Trinajstić information content (AvgIpc) is 2.84. The lowest BCUT2D eigenvalue weighted by molar-refractivity contribution is 0.324. The van der Waals surface area contributed by atoms with E-state index in [1.54, 1.807) is 30.4 Å². The Morgan fingerprint density at radius 1 is 0.800 bits per heavy atom. The monoisotopic (exact) mass is 539 g/mol. The minimum atomic E-state index is -4.11. The first-order valence-electron chi connectivity index (χ1n) is 10.0. The smallest absolute Gasteiger partial charge is 0.262 e. The van der Waals surface area contributed by atoms with Gasteiger partial charge in [0.05, 0.1) is 43.4 Å². The molecule has 3 aromatic carbocycles. The normalized spacial score (nSPS) is 11.4. The summed E-state index contributed by atoms with van der Waals surface area (Å²) in [6, 6.07) is 10.3. The van der Waals surface area contributed by atoms with Gasteiger partial charge < -0.3 is 24.1 Å². The van der Waals surface area contributed by atoms with Crippen LogP contribution in [0.2, 0.25) is 10.0 Å². The number of hydrogen-bond donors (Lipinski definition) is 2. The largest absolute Gasteiger partial charge is 0.504 e. The minimum Gasteiger partial charge on any atom is -0.504 e. The molecule has 186 valence electrons. The van der Waals surface area contributed by atoms with Gasteiger partial charge in [0, 0.05) is 5.56 Å². The van der Waals surface area contributed by atoms with Crippen LogP contribution in [0.5, 0.6) is 28.7 Å². The lowest BCUT2D eigenvalue weighted by Gasteiger charge is -2.16. The summed E-state index contributed by atoms with van der Waals surface area (Å²) in [6.07, 6.45) is 3.36. The Morgan fingerprint density at radius 3 is 1.97 bits per heavy atom. The van der Waals surface area contributed by atoms with Crippen LogP contribution in [0.3, 0.4) is 0 Å². The van der Waals surface area contributed by atoms with Crippen molar-refractivity contribution in [3.8, 4) is 28.7 Å². The summed E-state index contributed by atoms with van der Waals surface area (Å²) in [5, 5.41) is 10.6. The minimum absolute atomic E-state index is 0.0299. The molecular weight excluding hydrogens is 517 g/mol. The van der Waals surface area contributed by atoms with Crippen LogP contribution in [-0.2, 0) is 10.0 Å². The highest BCUT2D eigenvalue weighted by atomic mass is 35.5. The molecule has 0 atom stereocenters. The zero-order chi connectivity index (χ0) is 25.8. The van der Waals surface area contributed by atoms with E-state index in [2.05, 4.69) is 4.72 Å². The number of hydrogen-bond acceptors (Lipinski definition) is 7. The fraction of sp³-hybridized carbons (Fsp3) is 0.167. The van der Waals surface area contributed by atoms with Gasteiger partial charge in [0.2, 0.25) is 5.75 Å². The quantitative estimate of drug-likeness (QED) is 0.336. The molecule has 3 rings (SSSR count). The molecule has 0 saturated carbocycles. The van der Waals surface area contributed by atoms with E-state index in [1.165, 1.54) is 52.7 Å². The summed E-state index contributed by atoms with van der Waals surface area (Å²) in [5.74, 6) is 1.05. The van der Waals surface area contributed by atoms with E-state index >= 15 is 0 Å². The number of rotatable bonds is 9. The van der Waals surface area contributed by atoms with E-state index in [0.29, 0.717) is 28.4 Å². The second kappa shape index (κ2) is 11.0. The molecule has 0 aliphatic heterocycles. The highest BCUT2D eigenvalue weighted by molar-refractivity contribution is 7.92. The molecule has 11 heteroatoms. The zero-order valence-electron chi connectivity index (χ0n) is 19.3. The Bertz CT molecular complexity index is 1350. The molecule has 0 unspecified atom stereocenters. The number of anilines is 1. The van der Waals surface area contributed by atoms with Crippen molar-refractivity contribution < 1.29 is 32.5 Å². The van der Waals surface area contributed by atoms with Gasteiger partial charge in [-0.25, -0.2) is 8.42 Å². The number of phenolic OH excluding ortho intramolecular Hbond substituents is 1. The molecule has 0 aliphatic rings. The Labute approximate surface area is 213 Å². The van der Waals surface area contributed by atoms with E-state index in [9.17, 15) is 13.5 Å². The maximum atomic E-state index is 13.1. The van der Waals surface area contributed by atoms with Crippen LogP contribution in [-0.4, -0.2) is 42.0 Å². The highest BCUT2D eigenvalue weighted by Gasteiger charge is 2.22. The summed E-state index contributed by atoms with van der Waals surface area (Å²) in [7, 11) is 1.72. The Morgan fingerprint density at radius 2 is 1.43 bits per heavy atom. The van der Waals surface area contributed by atoms with Gasteiger partial charge in [0.15, 0.2) is 23.0 Å². The van der Waals surface area contributed by atoms with Crippen molar-refractivity contribution in [3.63, 3.8) is 0 Å². The van der Waals surface area contributed by atoms with E-state index < -0.39 is 10.0 Å². The van der Waals surface area contributed by atoms with Crippen LogP contribution in [0, 0.1) is 0 Å². The first-order valence-corrected chi connectivity index (χ1v) is 12.2. The number of phenols is 1. The molecule has 3 aromatic rings. The lowest BCUT2D eigenvalue weighted by Crippen LogP contribution is -2.14. The zero-order valence-corrected chi connectivity index (χ0v) is 21.6. The second-order valence-corrected chi connectivity index (χ2v) is 9.55. The molecule has 0 radical (unpaired) electrons. The molecule has 8 nitrogen and oxygen atoms in total. The fourth-order valence-electron chi connectivity index (χ4n) is 3.26. The van der Waals surface area contributed by atoms with E-state index in [0.717, 1.165) is 0 Å². The number of nitrogens with one attached hydrogen (secondary N) is 1. The SMILES string of the molecule is COc1cc(/C=C\c2ccc(O)c(OC)c2NS(=O)(=O)c2ccc(Cl)c(Cl)c2)cc(OC)c1OC. The molecule has 0 aliphatic carbocycles. The highest BCUT2D eigenvalue weighted by Crippen LogP contribution is 2.41. The van der Waals surface area contributed by atoms with Crippen LogP contribution in [0.4, 0.5) is 5.69 Å². The molecule has 0 spiro atoms. The van der Waals surface area contributed by atoms with Gasteiger partial charge in [0.1, 0.15) is 5.69 Å². The fourth-order valence-corrected chi connectivity index (χ4v) is 4.74. The van der Waals surface area contributed by atoms with Crippen molar-refractivity contribution in [1.82, 2.24) is 0 Å². The standard InChI is InChI=1S/C24H23Cl2NO7S/c1-31-20-11-14(12-21(32-2)24(20)34-4)5-6-15-7-10-19(28)23(33-3)22(15)27-35(29,30)16-8-9-17(25)18(26)13-16/h5-13,27-28H,1-4H3/b6-5-. The maximum Gasteiger partial charge on any atom is 0.262 e. The van der Waals surface area contributed by atoms with Gasteiger partial charge in [-0.1, -0.05) is 35.4 Å². The maximum absolute atomic E-state index is 13.1. The van der Waals surface area contributed by atoms with Crippen LogP contribution < -0.4 is 23.7 Å². The van der Waals surface area contributed by atoms with Gasteiger partial charge >= 0.3 is 0 Å². The summed E-state index contributed by atoms with van der Waals surface area (Å²) in [5.41, 5.74) is 1.13. The van der Waals surface area contributed by atoms with Gasteiger partial charge in [-0.3, -0.25) is 4.72 Å². The molecule has 0 amide bonds. The van der Waals surface area contributed by atoms with Gasteiger partial charge in [0.25, 0.3) is 10.0 Å². The molecule has 0 bridgehead atoms. The summed E-state index contributed by atoms with van der Waals surface area (Å²) < 4.78 is 50.0. The number of halogens is 2. The predicted octanol–water partition coefficient (Wildman–Crippen LogP) is 5.70. The van der Waals surface area contributed by atoms with Crippen molar-refractivity contribution in [3.05, 3.63) is 63.6 Å². The number of benzene rings is 3. The average molecular weight is 540 g/mol. The lowest BCUT2D eigenvalue weighted by atomic mass is 10.1. The Balaban J connectivity index is 2.08. The van der Waals surface area contributed by atoms with Crippen LogP contribution in [0.25, 0.3) is 12.2 Å². The molecule has 0 saturated heterocycles. The molecule has 0 aromatic heterocycles. The molecular formula is C24H23Cl2NO7S. The van der Waals surface area contributed by atoms with Crippen LogP contribution in [0.1, 0.15) is 11.1 Å². The van der Waals surface area contributed by atoms with Crippen molar-refractivity contribution in [1.29, 1.82) is 0 Å². The van der Waals surface area contributed by atoms with E-state index in [1.807, 2.05) is 0 Å². The number of aromatic hydroxyl groups is 1.